The minimum Gasteiger partial charge on any atom is -0.349 e. The molecule has 0 aliphatic carbocycles. The summed E-state index contributed by atoms with van der Waals surface area (Å²) in [7, 11) is 3.08. The molecule has 1 fully saturated rings. The summed E-state index contributed by atoms with van der Waals surface area (Å²) in [6.45, 7) is 8.54. The Morgan fingerprint density at radius 2 is 2.00 bits per heavy atom. The molecule has 8 nitrogen and oxygen atoms in total. The lowest BCUT2D eigenvalue weighted by atomic mass is 10.1. The van der Waals surface area contributed by atoms with Gasteiger partial charge in [0.1, 0.15) is 0 Å². The number of nitrogens with one attached hydrogen (secondary N) is 1. The van der Waals surface area contributed by atoms with E-state index in [-0.39, 0.29) is 29.7 Å². The third kappa shape index (κ3) is 3.44. The van der Waals surface area contributed by atoms with E-state index in [1.165, 1.54) is 11.6 Å². The number of hydrogen-bond donors (Lipinski definition) is 1. The van der Waals surface area contributed by atoms with Crippen molar-refractivity contribution in [1.82, 2.24) is 23.9 Å². The van der Waals surface area contributed by atoms with Crippen molar-refractivity contribution in [2.24, 2.45) is 14.1 Å². The van der Waals surface area contributed by atoms with Crippen LogP contribution >= 0.6 is 0 Å². The van der Waals surface area contributed by atoms with Crippen molar-refractivity contribution in [2.75, 3.05) is 13.1 Å². The van der Waals surface area contributed by atoms with Gasteiger partial charge < -0.3 is 19.4 Å². The van der Waals surface area contributed by atoms with Gasteiger partial charge in [0.25, 0.3) is 11.5 Å². The second-order valence-corrected chi connectivity index (χ2v) is 7.52. The number of carbonyl (C=O) groups excluding carboxylic acids is 1. The Balaban J connectivity index is 2.03. The molecule has 8 heteroatoms. The molecule has 152 valence electrons. The molecule has 2 aromatic heterocycles. The van der Waals surface area contributed by atoms with Crippen LogP contribution in [0.4, 0.5) is 0 Å². The SMILES string of the molecule is CCn1c(C)cc(C(=O)N(Cc2cn(C)c(=O)n(C)c2=O)C2CCNC2)c1C. The Kier molecular flexibility index (Phi) is 5.60. The molecule has 0 spiro atoms. The van der Waals surface area contributed by atoms with Gasteiger partial charge >= 0.3 is 5.69 Å². The highest BCUT2D eigenvalue weighted by atomic mass is 16.2. The van der Waals surface area contributed by atoms with Gasteiger partial charge in [0.05, 0.1) is 17.7 Å². The molecule has 0 aromatic carbocycles. The van der Waals surface area contributed by atoms with Crippen molar-refractivity contribution in [3.8, 4) is 0 Å². The van der Waals surface area contributed by atoms with E-state index in [2.05, 4.69) is 16.8 Å². The summed E-state index contributed by atoms with van der Waals surface area (Å²) >= 11 is 0. The molecule has 1 aliphatic heterocycles. The molecule has 1 N–H and O–H groups in total. The lowest BCUT2D eigenvalue weighted by molar-refractivity contribution is 0.0673. The molecule has 0 bridgehead atoms. The maximum atomic E-state index is 13.5. The highest BCUT2D eigenvalue weighted by Crippen LogP contribution is 2.21. The maximum Gasteiger partial charge on any atom is 0.330 e. The highest BCUT2D eigenvalue weighted by molar-refractivity contribution is 5.96. The fourth-order valence-electron chi connectivity index (χ4n) is 4.11. The monoisotopic (exact) mass is 387 g/mol. The topological polar surface area (TPSA) is 81.3 Å². The van der Waals surface area contributed by atoms with Gasteiger partial charge in [-0.1, -0.05) is 0 Å². The quantitative estimate of drug-likeness (QED) is 0.811. The van der Waals surface area contributed by atoms with E-state index in [9.17, 15) is 14.4 Å². The van der Waals surface area contributed by atoms with Crippen LogP contribution in [-0.2, 0) is 27.2 Å². The molecular formula is C20H29N5O3. The Bertz CT molecular complexity index is 1010. The van der Waals surface area contributed by atoms with Gasteiger partial charge in [0.2, 0.25) is 0 Å². The summed E-state index contributed by atoms with van der Waals surface area (Å²) in [5.74, 6) is -0.0718. The first kappa shape index (κ1) is 20.1. The third-order valence-electron chi connectivity index (χ3n) is 5.71. The Hall–Kier alpha value is -2.61. The predicted octanol–water partition coefficient (Wildman–Crippen LogP) is 0.527. The lowest BCUT2D eigenvalue weighted by Crippen LogP contribution is -2.45. The van der Waals surface area contributed by atoms with Crippen LogP contribution in [0.2, 0.25) is 0 Å². The minimum atomic E-state index is -0.374. The number of carbonyl (C=O) groups is 1. The summed E-state index contributed by atoms with van der Waals surface area (Å²) in [6.07, 6.45) is 2.38. The van der Waals surface area contributed by atoms with E-state index in [0.717, 1.165) is 35.5 Å². The molecule has 1 aliphatic rings. The van der Waals surface area contributed by atoms with E-state index in [4.69, 9.17) is 0 Å². The largest absolute Gasteiger partial charge is 0.349 e. The van der Waals surface area contributed by atoms with Crippen molar-refractivity contribution in [3.63, 3.8) is 0 Å². The first-order valence-corrected chi connectivity index (χ1v) is 9.70. The van der Waals surface area contributed by atoms with Gasteiger partial charge in [-0.05, 0) is 39.8 Å². The van der Waals surface area contributed by atoms with Gasteiger partial charge in [-0.25, -0.2) is 4.79 Å². The normalized spacial score (nSPS) is 16.5. The van der Waals surface area contributed by atoms with Crippen molar-refractivity contribution in [1.29, 1.82) is 0 Å². The fraction of sp³-hybridized carbons (Fsp3) is 0.550. The zero-order valence-electron chi connectivity index (χ0n) is 17.3. The van der Waals surface area contributed by atoms with Crippen molar-refractivity contribution >= 4 is 5.91 Å². The van der Waals surface area contributed by atoms with Crippen molar-refractivity contribution < 1.29 is 4.79 Å². The van der Waals surface area contributed by atoms with Crippen LogP contribution in [0.15, 0.2) is 21.9 Å². The average Bonchev–Trinajstić information content (AvgIpc) is 3.29. The summed E-state index contributed by atoms with van der Waals surface area (Å²) in [5.41, 5.74) is 2.37. The molecule has 1 atom stereocenters. The molecule has 0 saturated carbocycles. The van der Waals surface area contributed by atoms with E-state index in [1.807, 2.05) is 19.9 Å². The Morgan fingerprint density at radius 3 is 2.57 bits per heavy atom. The van der Waals surface area contributed by atoms with Crippen LogP contribution in [-0.4, -0.2) is 43.6 Å². The zero-order valence-corrected chi connectivity index (χ0v) is 17.3. The maximum absolute atomic E-state index is 13.5. The van der Waals surface area contributed by atoms with Crippen LogP contribution in [0.25, 0.3) is 0 Å². The minimum absolute atomic E-state index is 0.0131. The number of aryl methyl sites for hydroxylation is 2. The fourth-order valence-corrected chi connectivity index (χ4v) is 4.11. The predicted molar refractivity (Wildman–Crippen MR) is 108 cm³/mol. The van der Waals surface area contributed by atoms with E-state index < -0.39 is 0 Å². The number of hydrogen-bond acceptors (Lipinski definition) is 4. The molecule has 3 rings (SSSR count). The second kappa shape index (κ2) is 7.79. The van der Waals surface area contributed by atoms with E-state index in [0.29, 0.717) is 17.7 Å². The van der Waals surface area contributed by atoms with Crippen molar-refractivity contribution in [3.05, 3.63) is 55.6 Å². The second-order valence-electron chi connectivity index (χ2n) is 7.52. The summed E-state index contributed by atoms with van der Waals surface area (Å²) < 4.78 is 4.59. The van der Waals surface area contributed by atoms with Gasteiger partial charge in [-0.15, -0.1) is 0 Å². The molecule has 0 radical (unpaired) electrons. The van der Waals surface area contributed by atoms with Crippen LogP contribution in [0, 0.1) is 13.8 Å². The smallest absolute Gasteiger partial charge is 0.330 e. The zero-order chi connectivity index (χ0) is 20.6. The molecule has 1 amide bonds. The van der Waals surface area contributed by atoms with Gasteiger partial charge in [0.15, 0.2) is 0 Å². The molecule has 2 aromatic rings. The number of amides is 1. The summed E-state index contributed by atoms with van der Waals surface area (Å²) in [6, 6.07) is 1.94. The molecule has 1 saturated heterocycles. The summed E-state index contributed by atoms with van der Waals surface area (Å²) in [4.78, 5) is 39.9. The average molecular weight is 387 g/mol. The van der Waals surface area contributed by atoms with Crippen molar-refractivity contribution in [2.45, 2.75) is 46.3 Å². The molecule has 3 heterocycles. The lowest BCUT2D eigenvalue weighted by Gasteiger charge is -2.29. The van der Waals surface area contributed by atoms with Gasteiger partial charge in [-0.2, -0.15) is 0 Å². The Morgan fingerprint density at radius 1 is 1.29 bits per heavy atom. The molecular weight excluding hydrogens is 358 g/mol. The highest BCUT2D eigenvalue weighted by Gasteiger charge is 2.30. The summed E-state index contributed by atoms with van der Waals surface area (Å²) in [5, 5.41) is 3.30. The number of aromatic nitrogens is 3. The van der Waals surface area contributed by atoms with E-state index in [1.54, 1.807) is 18.1 Å². The first-order valence-electron chi connectivity index (χ1n) is 9.70. The van der Waals surface area contributed by atoms with Crippen LogP contribution in [0.1, 0.15) is 40.7 Å². The van der Waals surface area contributed by atoms with E-state index >= 15 is 0 Å². The Labute approximate surface area is 164 Å². The van der Waals surface area contributed by atoms with Crippen LogP contribution in [0.3, 0.4) is 0 Å². The van der Waals surface area contributed by atoms with Crippen LogP contribution in [0.5, 0.6) is 0 Å². The van der Waals surface area contributed by atoms with Crippen LogP contribution < -0.4 is 16.6 Å². The number of nitrogens with zero attached hydrogens (tertiary/aromatic N) is 4. The number of rotatable bonds is 5. The molecule has 1 unspecified atom stereocenters. The van der Waals surface area contributed by atoms with Gasteiger partial charge in [-0.3, -0.25) is 14.2 Å². The first-order chi connectivity index (χ1) is 13.3. The third-order valence-corrected chi connectivity index (χ3v) is 5.71. The molecule has 28 heavy (non-hydrogen) atoms. The standard InChI is InChI=1S/C20H29N5O3/c1-6-24-13(2)9-17(14(24)3)19(27)25(16-7-8-21-10-16)12-15-11-22(4)20(28)23(5)18(15)26/h9,11,16,21H,6-8,10,12H2,1-5H3. The van der Waals surface area contributed by atoms with Gasteiger partial charge in [0, 0.05) is 50.8 Å².